The van der Waals surface area contributed by atoms with Crippen molar-refractivity contribution in [2.75, 3.05) is 11.9 Å². The number of aromatic amines is 1. The molecule has 0 aliphatic rings. The van der Waals surface area contributed by atoms with E-state index in [0.717, 1.165) is 16.5 Å². The van der Waals surface area contributed by atoms with E-state index in [1.165, 1.54) is 6.07 Å². The molecule has 22 heavy (non-hydrogen) atoms. The Balaban J connectivity index is 1.91. The third kappa shape index (κ3) is 4.34. The summed E-state index contributed by atoms with van der Waals surface area (Å²) in [5, 5.41) is 5.08. The second-order valence-electron chi connectivity index (χ2n) is 4.55. The molecule has 0 aliphatic heterocycles. The first-order valence-electron chi connectivity index (χ1n) is 6.91. The van der Waals surface area contributed by atoms with Crippen molar-refractivity contribution in [3.05, 3.63) is 57.1 Å². The largest absolute Gasteiger partial charge is 0.494 e. The summed E-state index contributed by atoms with van der Waals surface area (Å²) in [7, 11) is 0. The Morgan fingerprint density at radius 3 is 2.59 bits per heavy atom. The first kappa shape index (κ1) is 15.6. The molecule has 2 aromatic rings. The fourth-order valence-corrected chi connectivity index (χ4v) is 1.87. The van der Waals surface area contributed by atoms with Gasteiger partial charge in [0.2, 0.25) is 5.91 Å². The number of benzene rings is 1. The predicted molar refractivity (Wildman–Crippen MR) is 82.2 cm³/mol. The average Bonchev–Trinajstić information content (AvgIpc) is 2.50. The average molecular weight is 303 g/mol. The van der Waals surface area contributed by atoms with Crippen molar-refractivity contribution in [2.45, 2.75) is 19.9 Å². The number of nitrogens with zero attached hydrogens (tertiary/aromatic N) is 1. The van der Waals surface area contributed by atoms with Crippen molar-refractivity contribution < 1.29 is 9.53 Å². The number of carbonyl (C=O) groups is 1. The summed E-state index contributed by atoms with van der Waals surface area (Å²) in [6.45, 7) is 2.58. The maximum Gasteiger partial charge on any atom is 0.265 e. The van der Waals surface area contributed by atoms with E-state index in [4.69, 9.17) is 4.74 Å². The highest BCUT2D eigenvalue weighted by Crippen LogP contribution is 2.15. The summed E-state index contributed by atoms with van der Waals surface area (Å²) in [6, 6.07) is 9.32. The number of rotatable bonds is 6. The van der Waals surface area contributed by atoms with Gasteiger partial charge in [-0.05, 0) is 31.2 Å². The number of carbonyl (C=O) groups excluding carboxylic acids is 1. The van der Waals surface area contributed by atoms with Crippen LogP contribution < -0.4 is 21.2 Å². The number of aromatic nitrogens is 2. The quantitative estimate of drug-likeness (QED) is 0.831. The van der Waals surface area contributed by atoms with Crippen molar-refractivity contribution in [3.8, 4) is 5.75 Å². The lowest BCUT2D eigenvalue weighted by Crippen LogP contribution is -2.29. The minimum Gasteiger partial charge on any atom is -0.494 e. The minimum absolute atomic E-state index is 0.0765. The van der Waals surface area contributed by atoms with Gasteiger partial charge in [0.1, 0.15) is 5.75 Å². The summed E-state index contributed by atoms with van der Waals surface area (Å²) in [5.74, 6) is 0.481. The van der Waals surface area contributed by atoms with E-state index in [2.05, 4.69) is 10.4 Å². The Morgan fingerprint density at radius 2 is 1.91 bits per heavy atom. The first-order valence-corrected chi connectivity index (χ1v) is 6.91. The highest BCUT2D eigenvalue weighted by atomic mass is 16.5. The fourth-order valence-electron chi connectivity index (χ4n) is 1.87. The van der Waals surface area contributed by atoms with Crippen molar-refractivity contribution in [2.24, 2.45) is 0 Å². The highest BCUT2D eigenvalue weighted by molar-refractivity contribution is 5.90. The molecule has 0 saturated heterocycles. The molecular weight excluding hydrogens is 286 g/mol. The topological polar surface area (TPSA) is 93.2 Å². The molecule has 0 atom stereocenters. The summed E-state index contributed by atoms with van der Waals surface area (Å²) in [5.41, 5.74) is -0.0951. The maximum atomic E-state index is 11.8. The smallest absolute Gasteiger partial charge is 0.265 e. The van der Waals surface area contributed by atoms with Gasteiger partial charge in [0, 0.05) is 24.2 Å². The lowest BCUT2D eigenvalue weighted by atomic mass is 10.3. The van der Waals surface area contributed by atoms with Crippen molar-refractivity contribution >= 4 is 11.6 Å². The number of aryl methyl sites for hydroxylation is 1. The normalized spacial score (nSPS) is 10.2. The van der Waals surface area contributed by atoms with Crippen molar-refractivity contribution in [3.63, 3.8) is 0 Å². The Hall–Kier alpha value is -2.83. The van der Waals surface area contributed by atoms with Crippen LogP contribution in [0.1, 0.15) is 13.3 Å². The molecule has 2 rings (SSSR count). The van der Waals surface area contributed by atoms with Crippen molar-refractivity contribution in [1.29, 1.82) is 0 Å². The van der Waals surface area contributed by atoms with Gasteiger partial charge in [0.05, 0.1) is 13.2 Å². The lowest BCUT2D eigenvalue weighted by Gasteiger charge is -2.08. The highest BCUT2D eigenvalue weighted by Gasteiger charge is 2.05. The number of ether oxygens (including phenoxy) is 1. The number of anilines is 1. The third-order valence-electron chi connectivity index (χ3n) is 2.90. The molecule has 1 heterocycles. The van der Waals surface area contributed by atoms with Crippen LogP contribution in [-0.2, 0) is 11.3 Å². The molecule has 7 heteroatoms. The molecule has 2 N–H and O–H groups in total. The number of amides is 1. The van der Waals surface area contributed by atoms with E-state index in [9.17, 15) is 14.4 Å². The van der Waals surface area contributed by atoms with Gasteiger partial charge in [-0.3, -0.25) is 19.5 Å². The van der Waals surface area contributed by atoms with Crippen LogP contribution in [0.4, 0.5) is 5.69 Å². The fraction of sp³-hybridized carbons (Fsp3) is 0.267. The Kier molecular flexibility index (Phi) is 5.13. The zero-order chi connectivity index (χ0) is 15.9. The molecular formula is C15H17N3O4. The van der Waals surface area contributed by atoms with Crippen LogP contribution in [0.3, 0.4) is 0 Å². The standard InChI is InChI=1S/C15H17N3O4/c1-2-22-12-5-3-11(4-6-12)16-13(19)9-10-18-15(21)8-7-14(20)17-18/h3-8H,2,9-10H2,1H3,(H,16,19)(H,17,20). The molecule has 0 bridgehead atoms. The van der Waals surface area contributed by atoms with E-state index < -0.39 is 0 Å². The van der Waals surface area contributed by atoms with Crippen LogP contribution in [0.25, 0.3) is 0 Å². The minimum atomic E-state index is -0.383. The van der Waals surface area contributed by atoms with E-state index in [-0.39, 0.29) is 30.0 Å². The second kappa shape index (κ2) is 7.26. The number of H-pyrrole nitrogens is 1. The zero-order valence-electron chi connectivity index (χ0n) is 12.2. The van der Waals surface area contributed by atoms with Gasteiger partial charge in [-0.1, -0.05) is 0 Å². The Morgan fingerprint density at radius 1 is 1.18 bits per heavy atom. The van der Waals surface area contributed by atoms with Crippen LogP contribution >= 0.6 is 0 Å². The van der Waals surface area contributed by atoms with E-state index in [1.54, 1.807) is 24.3 Å². The molecule has 116 valence electrons. The third-order valence-corrected chi connectivity index (χ3v) is 2.90. The summed E-state index contributed by atoms with van der Waals surface area (Å²) < 4.78 is 6.42. The molecule has 0 saturated carbocycles. The first-order chi connectivity index (χ1) is 10.6. The molecule has 0 spiro atoms. The molecule has 0 fully saturated rings. The molecule has 1 amide bonds. The van der Waals surface area contributed by atoms with Gasteiger partial charge < -0.3 is 10.1 Å². The van der Waals surface area contributed by atoms with Gasteiger partial charge in [0.25, 0.3) is 11.1 Å². The predicted octanol–water partition coefficient (Wildman–Crippen LogP) is 0.964. The molecule has 1 aromatic heterocycles. The maximum absolute atomic E-state index is 11.8. The molecule has 1 aromatic carbocycles. The van der Waals surface area contributed by atoms with Crippen LogP contribution in [0.5, 0.6) is 5.75 Å². The Labute approximate surface area is 126 Å². The zero-order valence-corrected chi connectivity index (χ0v) is 12.2. The lowest BCUT2D eigenvalue weighted by molar-refractivity contribution is -0.116. The number of hydrogen-bond acceptors (Lipinski definition) is 4. The van der Waals surface area contributed by atoms with Crippen LogP contribution in [0.15, 0.2) is 46.0 Å². The molecule has 0 aliphatic carbocycles. The second-order valence-corrected chi connectivity index (χ2v) is 4.55. The van der Waals surface area contributed by atoms with E-state index in [1.807, 2.05) is 6.92 Å². The summed E-state index contributed by atoms with van der Waals surface area (Å²) in [4.78, 5) is 34.5. The van der Waals surface area contributed by atoms with Gasteiger partial charge >= 0.3 is 0 Å². The monoisotopic (exact) mass is 303 g/mol. The summed E-state index contributed by atoms with van der Waals surface area (Å²) in [6.07, 6.45) is 0.0765. The summed E-state index contributed by atoms with van der Waals surface area (Å²) >= 11 is 0. The Bertz CT molecular complexity index is 746. The van der Waals surface area contributed by atoms with Gasteiger partial charge in [-0.2, -0.15) is 0 Å². The molecule has 0 radical (unpaired) electrons. The van der Waals surface area contributed by atoms with Crippen LogP contribution in [0, 0.1) is 0 Å². The van der Waals surface area contributed by atoms with E-state index >= 15 is 0 Å². The van der Waals surface area contributed by atoms with Crippen LogP contribution in [-0.4, -0.2) is 22.3 Å². The van der Waals surface area contributed by atoms with Crippen molar-refractivity contribution in [1.82, 2.24) is 9.78 Å². The SMILES string of the molecule is CCOc1ccc(NC(=O)CCn2[nH]c(=O)ccc2=O)cc1. The molecule has 0 unspecified atom stereocenters. The van der Waals surface area contributed by atoms with Gasteiger partial charge in [0.15, 0.2) is 0 Å². The number of hydrogen-bond donors (Lipinski definition) is 2. The van der Waals surface area contributed by atoms with E-state index in [0.29, 0.717) is 12.3 Å². The van der Waals surface area contributed by atoms with Crippen LogP contribution in [0.2, 0.25) is 0 Å². The molecule has 7 nitrogen and oxygen atoms in total. The van der Waals surface area contributed by atoms with Gasteiger partial charge in [-0.15, -0.1) is 0 Å². The van der Waals surface area contributed by atoms with Gasteiger partial charge in [-0.25, -0.2) is 4.68 Å². The number of nitrogens with one attached hydrogen (secondary N) is 2.